The number of hydrogen-bond acceptors (Lipinski definition) is 2. The van der Waals surface area contributed by atoms with Gasteiger partial charge in [0.25, 0.3) is 0 Å². The van der Waals surface area contributed by atoms with Crippen molar-refractivity contribution in [3.8, 4) is 5.75 Å². The monoisotopic (exact) mass is 155 g/mol. The van der Waals surface area contributed by atoms with Crippen molar-refractivity contribution in [2.24, 2.45) is 0 Å². The summed E-state index contributed by atoms with van der Waals surface area (Å²) in [5, 5.41) is 15.9. The SMILES string of the molecule is N=C(Cl)c1ccccc1O. The number of benzene rings is 1. The molecule has 0 amide bonds. The zero-order valence-corrected chi connectivity index (χ0v) is 5.89. The molecule has 0 aliphatic heterocycles. The van der Waals surface area contributed by atoms with Crippen LogP contribution in [0.15, 0.2) is 24.3 Å². The van der Waals surface area contributed by atoms with E-state index in [1.54, 1.807) is 18.2 Å². The fraction of sp³-hybridized carbons (Fsp3) is 0. The van der Waals surface area contributed by atoms with Crippen molar-refractivity contribution >= 4 is 16.8 Å². The lowest BCUT2D eigenvalue weighted by atomic mass is 10.2. The Morgan fingerprint density at radius 3 is 2.40 bits per heavy atom. The summed E-state index contributed by atoms with van der Waals surface area (Å²) < 4.78 is 0. The molecule has 1 rings (SSSR count). The van der Waals surface area contributed by atoms with Crippen LogP contribution in [0, 0.1) is 5.41 Å². The van der Waals surface area contributed by atoms with Gasteiger partial charge in [0.15, 0.2) is 0 Å². The van der Waals surface area contributed by atoms with Crippen LogP contribution >= 0.6 is 11.6 Å². The molecule has 10 heavy (non-hydrogen) atoms. The molecule has 0 radical (unpaired) electrons. The fourth-order valence-electron chi connectivity index (χ4n) is 0.659. The molecule has 0 heterocycles. The van der Waals surface area contributed by atoms with E-state index in [2.05, 4.69) is 0 Å². The highest BCUT2D eigenvalue weighted by Crippen LogP contribution is 2.16. The maximum Gasteiger partial charge on any atom is 0.131 e. The van der Waals surface area contributed by atoms with Crippen molar-refractivity contribution in [1.82, 2.24) is 0 Å². The molecular formula is C7H6ClNO. The van der Waals surface area contributed by atoms with E-state index >= 15 is 0 Å². The summed E-state index contributed by atoms with van der Waals surface area (Å²) in [5.41, 5.74) is 0.365. The summed E-state index contributed by atoms with van der Waals surface area (Å²) in [6, 6.07) is 6.47. The molecule has 0 aromatic heterocycles. The Balaban J connectivity index is 3.15. The van der Waals surface area contributed by atoms with Crippen LogP contribution in [0.25, 0.3) is 0 Å². The summed E-state index contributed by atoms with van der Waals surface area (Å²) in [6.45, 7) is 0. The van der Waals surface area contributed by atoms with Crippen molar-refractivity contribution < 1.29 is 5.11 Å². The summed E-state index contributed by atoms with van der Waals surface area (Å²) in [4.78, 5) is 0. The molecule has 1 aromatic carbocycles. The van der Waals surface area contributed by atoms with Gasteiger partial charge in [-0.15, -0.1) is 0 Å². The van der Waals surface area contributed by atoms with Gasteiger partial charge in [-0.25, -0.2) is 0 Å². The Morgan fingerprint density at radius 2 is 2.00 bits per heavy atom. The van der Waals surface area contributed by atoms with Crippen LogP contribution in [0.1, 0.15) is 5.56 Å². The van der Waals surface area contributed by atoms with E-state index in [1.165, 1.54) is 6.07 Å². The molecule has 0 atom stereocenters. The lowest BCUT2D eigenvalue weighted by Gasteiger charge is -1.97. The van der Waals surface area contributed by atoms with E-state index in [1.807, 2.05) is 0 Å². The maximum atomic E-state index is 9.06. The van der Waals surface area contributed by atoms with Crippen molar-refractivity contribution in [2.45, 2.75) is 0 Å². The molecule has 3 heteroatoms. The molecule has 0 fully saturated rings. The second-order valence-electron chi connectivity index (χ2n) is 1.83. The third-order valence-corrected chi connectivity index (χ3v) is 1.34. The van der Waals surface area contributed by atoms with Gasteiger partial charge in [-0.1, -0.05) is 23.7 Å². The first kappa shape index (κ1) is 7.09. The molecule has 52 valence electrons. The van der Waals surface area contributed by atoms with Crippen molar-refractivity contribution in [1.29, 1.82) is 5.41 Å². The van der Waals surface area contributed by atoms with Gasteiger partial charge in [0.1, 0.15) is 10.9 Å². The van der Waals surface area contributed by atoms with Gasteiger partial charge in [0.05, 0.1) is 5.56 Å². The topological polar surface area (TPSA) is 44.1 Å². The summed E-state index contributed by atoms with van der Waals surface area (Å²) in [6.07, 6.45) is 0. The van der Waals surface area contributed by atoms with Gasteiger partial charge in [0, 0.05) is 0 Å². The lowest BCUT2D eigenvalue weighted by molar-refractivity contribution is 0.474. The minimum absolute atomic E-state index is 0.0440. The molecule has 0 aliphatic rings. The highest BCUT2D eigenvalue weighted by Gasteiger charge is 2.01. The minimum atomic E-state index is -0.141. The Hall–Kier alpha value is -1.02. The van der Waals surface area contributed by atoms with Crippen LogP contribution in [0.3, 0.4) is 0 Å². The molecule has 0 aliphatic carbocycles. The van der Waals surface area contributed by atoms with Gasteiger partial charge in [-0.05, 0) is 12.1 Å². The Kier molecular flexibility index (Phi) is 1.92. The highest BCUT2D eigenvalue weighted by atomic mass is 35.5. The average molecular weight is 156 g/mol. The van der Waals surface area contributed by atoms with E-state index in [0.29, 0.717) is 5.56 Å². The Morgan fingerprint density at radius 1 is 1.40 bits per heavy atom. The van der Waals surface area contributed by atoms with Crippen LogP contribution in [0.2, 0.25) is 0 Å². The number of hydrogen-bond donors (Lipinski definition) is 2. The highest BCUT2D eigenvalue weighted by molar-refractivity contribution is 6.69. The normalized spacial score (nSPS) is 9.30. The first-order chi connectivity index (χ1) is 4.72. The van der Waals surface area contributed by atoms with Crippen LogP contribution in [-0.2, 0) is 0 Å². The third kappa shape index (κ3) is 1.28. The largest absolute Gasteiger partial charge is 0.507 e. The predicted octanol–water partition coefficient (Wildman–Crippen LogP) is 1.96. The van der Waals surface area contributed by atoms with Crippen molar-refractivity contribution in [3.05, 3.63) is 29.8 Å². The van der Waals surface area contributed by atoms with Crippen LogP contribution in [0.4, 0.5) is 0 Å². The molecule has 0 saturated heterocycles. The van der Waals surface area contributed by atoms with E-state index in [4.69, 9.17) is 22.1 Å². The van der Waals surface area contributed by atoms with Crippen LogP contribution in [-0.4, -0.2) is 10.3 Å². The van der Waals surface area contributed by atoms with Crippen LogP contribution < -0.4 is 0 Å². The predicted molar refractivity (Wildman–Crippen MR) is 40.8 cm³/mol. The summed E-state index contributed by atoms with van der Waals surface area (Å²) in [5.74, 6) is 0.0440. The summed E-state index contributed by atoms with van der Waals surface area (Å²) >= 11 is 5.33. The van der Waals surface area contributed by atoms with Crippen LogP contribution in [0.5, 0.6) is 5.75 Å². The van der Waals surface area contributed by atoms with E-state index in [9.17, 15) is 0 Å². The Bertz CT molecular complexity index is 260. The molecular weight excluding hydrogens is 150 g/mol. The molecule has 2 nitrogen and oxygen atoms in total. The fourth-order valence-corrected chi connectivity index (χ4v) is 0.819. The maximum absolute atomic E-state index is 9.06. The van der Waals surface area contributed by atoms with Gasteiger partial charge < -0.3 is 5.11 Å². The molecule has 2 N–H and O–H groups in total. The lowest BCUT2D eigenvalue weighted by Crippen LogP contribution is -1.87. The molecule has 0 unspecified atom stereocenters. The van der Waals surface area contributed by atoms with E-state index in [-0.39, 0.29) is 10.9 Å². The zero-order valence-electron chi connectivity index (χ0n) is 5.13. The zero-order chi connectivity index (χ0) is 7.56. The smallest absolute Gasteiger partial charge is 0.131 e. The van der Waals surface area contributed by atoms with E-state index < -0.39 is 0 Å². The number of aromatic hydroxyl groups is 1. The van der Waals surface area contributed by atoms with Gasteiger partial charge in [0.2, 0.25) is 0 Å². The molecule has 0 spiro atoms. The summed E-state index contributed by atoms with van der Waals surface area (Å²) in [7, 11) is 0. The molecule has 0 saturated carbocycles. The number of rotatable bonds is 1. The van der Waals surface area contributed by atoms with Gasteiger partial charge in [-0.3, -0.25) is 5.41 Å². The minimum Gasteiger partial charge on any atom is -0.507 e. The van der Waals surface area contributed by atoms with E-state index in [0.717, 1.165) is 0 Å². The van der Waals surface area contributed by atoms with Gasteiger partial charge in [-0.2, -0.15) is 0 Å². The molecule has 1 aromatic rings. The first-order valence-corrected chi connectivity index (χ1v) is 3.12. The van der Waals surface area contributed by atoms with Crippen molar-refractivity contribution in [3.63, 3.8) is 0 Å². The number of nitrogens with one attached hydrogen (secondary N) is 1. The van der Waals surface area contributed by atoms with Crippen molar-refractivity contribution in [2.75, 3.05) is 0 Å². The quantitative estimate of drug-likeness (QED) is 0.599. The number of phenols is 1. The first-order valence-electron chi connectivity index (χ1n) is 2.74. The second-order valence-corrected chi connectivity index (χ2v) is 2.21. The number of phenolic OH excluding ortho intramolecular Hbond substituents is 1. The molecule has 0 bridgehead atoms. The third-order valence-electron chi connectivity index (χ3n) is 1.14. The Labute approximate surface area is 63.6 Å². The average Bonchev–Trinajstić information content (AvgIpc) is 1.88. The number of para-hydroxylation sites is 1. The standard InChI is InChI=1S/C7H6ClNO/c8-7(9)5-3-1-2-4-6(5)10/h1-4,9-10H. The van der Waals surface area contributed by atoms with Gasteiger partial charge >= 0.3 is 0 Å². The number of halogens is 1. The second kappa shape index (κ2) is 2.71.